The van der Waals surface area contributed by atoms with Gasteiger partial charge in [-0.05, 0) is 24.3 Å². The van der Waals surface area contributed by atoms with Gasteiger partial charge in [0.15, 0.2) is 11.5 Å². The topological polar surface area (TPSA) is 86.3 Å². The number of rotatable bonds is 3. The number of nitrogens with zero attached hydrogens (tertiary/aromatic N) is 3. The lowest BCUT2D eigenvalue weighted by atomic mass is 10.2. The Morgan fingerprint density at radius 3 is 2.67 bits per heavy atom. The maximum absolute atomic E-state index is 13.5. The Hall–Kier alpha value is -3.09. The van der Waals surface area contributed by atoms with Gasteiger partial charge in [-0.25, -0.2) is 4.39 Å². The van der Waals surface area contributed by atoms with Crippen LogP contribution in [-0.4, -0.2) is 15.2 Å². The molecule has 0 aliphatic heterocycles. The van der Waals surface area contributed by atoms with Crippen LogP contribution in [0.15, 0.2) is 63.8 Å². The summed E-state index contributed by atoms with van der Waals surface area (Å²) in [6.07, 6.45) is 3.20. The SMILES string of the molecule is O=c1[nH][nH]c(-c2cccnc2)c1N=Nc1ccccc1F. The van der Waals surface area contributed by atoms with Gasteiger partial charge in [0.2, 0.25) is 0 Å². The molecule has 0 aliphatic rings. The van der Waals surface area contributed by atoms with Gasteiger partial charge in [0.05, 0.1) is 5.69 Å². The standard InChI is InChI=1S/C14H10FN5O/c15-10-5-1-2-6-11(10)17-19-13-12(18-20-14(13)21)9-4-3-7-16-8-9/h1-8H,(H2,18,20,21). The molecule has 21 heavy (non-hydrogen) atoms. The van der Waals surface area contributed by atoms with E-state index in [0.29, 0.717) is 11.3 Å². The zero-order valence-electron chi connectivity index (χ0n) is 10.7. The highest BCUT2D eigenvalue weighted by Gasteiger charge is 2.11. The first kappa shape index (κ1) is 12.9. The van der Waals surface area contributed by atoms with Crippen molar-refractivity contribution < 1.29 is 4.39 Å². The maximum Gasteiger partial charge on any atom is 0.292 e. The summed E-state index contributed by atoms with van der Waals surface area (Å²) in [5.74, 6) is -0.504. The molecule has 2 aromatic heterocycles. The molecule has 3 aromatic rings. The Labute approximate surface area is 118 Å². The van der Waals surface area contributed by atoms with Gasteiger partial charge in [-0.3, -0.25) is 20.0 Å². The third-order valence-electron chi connectivity index (χ3n) is 2.81. The number of aromatic amines is 2. The van der Waals surface area contributed by atoms with Crippen LogP contribution in [0.5, 0.6) is 0 Å². The van der Waals surface area contributed by atoms with E-state index in [1.165, 1.54) is 12.1 Å². The van der Waals surface area contributed by atoms with Crippen molar-refractivity contribution in [1.82, 2.24) is 15.2 Å². The van der Waals surface area contributed by atoms with Crippen LogP contribution in [0.25, 0.3) is 11.3 Å². The fourth-order valence-electron chi connectivity index (χ4n) is 1.80. The van der Waals surface area contributed by atoms with Crippen molar-refractivity contribution in [3.05, 3.63) is 65.0 Å². The van der Waals surface area contributed by atoms with E-state index >= 15 is 0 Å². The summed E-state index contributed by atoms with van der Waals surface area (Å²) in [4.78, 5) is 15.7. The molecule has 0 radical (unpaired) electrons. The second-order valence-corrected chi connectivity index (χ2v) is 4.20. The quantitative estimate of drug-likeness (QED) is 0.722. The molecular formula is C14H10FN5O. The second-order valence-electron chi connectivity index (χ2n) is 4.20. The van der Waals surface area contributed by atoms with Crippen molar-refractivity contribution in [3.63, 3.8) is 0 Å². The van der Waals surface area contributed by atoms with E-state index in [0.717, 1.165) is 0 Å². The highest BCUT2D eigenvalue weighted by molar-refractivity contribution is 5.70. The molecule has 0 atom stereocenters. The molecule has 7 heteroatoms. The minimum atomic E-state index is -0.504. The van der Waals surface area contributed by atoms with Crippen molar-refractivity contribution in [2.75, 3.05) is 0 Å². The van der Waals surface area contributed by atoms with Crippen molar-refractivity contribution in [1.29, 1.82) is 0 Å². The summed E-state index contributed by atoms with van der Waals surface area (Å²) in [7, 11) is 0. The number of halogens is 1. The number of H-pyrrole nitrogens is 2. The third kappa shape index (κ3) is 2.62. The molecule has 2 heterocycles. The molecule has 0 bridgehead atoms. The Balaban J connectivity index is 2.02. The molecular weight excluding hydrogens is 273 g/mol. The molecule has 104 valence electrons. The predicted octanol–water partition coefficient (Wildman–Crippen LogP) is 3.32. The van der Waals surface area contributed by atoms with Gasteiger partial charge in [-0.1, -0.05) is 12.1 Å². The fourth-order valence-corrected chi connectivity index (χ4v) is 1.80. The molecule has 6 nitrogen and oxygen atoms in total. The van der Waals surface area contributed by atoms with Gasteiger partial charge >= 0.3 is 0 Å². The highest BCUT2D eigenvalue weighted by Crippen LogP contribution is 2.26. The maximum atomic E-state index is 13.5. The summed E-state index contributed by atoms with van der Waals surface area (Å²) >= 11 is 0. The zero-order valence-corrected chi connectivity index (χ0v) is 10.7. The Morgan fingerprint density at radius 2 is 1.90 bits per heavy atom. The molecule has 1 aromatic carbocycles. The number of hydrogen-bond acceptors (Lipinski definition) is 4. The summed E-state index contributed by atoms with van der Waals surface area (Å²) in [6, 6.07) is 9.45. The number of benzene rings is 1. The molecule has 0 unspecified atom stereocenters. The van der Waals surface area contributed by atoms with Crippen LogP contribution < -0.4 is 5.56 Å². The van der Waals surface area contributed by atoms with Crippen molar-refractivity contribution >= 4 is 11.4 Å². The predicted molar refractivity (Wildman–Crippen MR) is 75.2 cm³/mol. The van der Waals surface area contributed by atoms with E-state index in [1.807, 2.05) is 0 Å². The lowest BCUT2D eigenvalue weighted by molar-refractivity contribution is 0.628. The van der Waals surface area contributed by atoms with Gasteiger partial charge in [-0.2, -0.15) is 0 Å². The molecule has 0 saturated heterocycles. The van der Waals surface area contributed by atoms with Crippen LogP contribution in [0.1, 0.15) is 0 Å². The van der Waals surface area contributed by atoms with E-state index < -0.39 is 11.4 Å². The first-order chi connectivity index (χ1) is 10.3. The van der Waals surface area contributed by atoms with Gasteiger partial charge in [0.1, 0.15) is 5.69 Å². The summed E-state index contributed by atoms with van der Waals surface area (Å²) in [5, 5.41) is 12.8. The lowest BCUT2D eigenvalue weighted by Crippen LogP contribution is -1.96. The zero-order chi connectivity index (χ0) is 14.7. The van der Waals surface area contributed by atoms with Crippen LogP contribution in [0.2, 0.25) is 0 Å². The second kappa shape index (κ2) is 5.49. The van der Waals surface area contributed by atoms with Crippen LogP contribution in [0.3, 0.4) is 0 Å². The Bertz CT molecular complexity index is 838. The summed E-state index contributed by atoms with van der Waals surface area (Å²) in [6.45, 7) is 0. The first-order valence-corrected chi connectivity index (χ1v) is 6.13. The van der Waals surface area contributed by atoms with Crippen LogP contribution in [0.4, 0.5) is 15.8 Å². The van der Waals surface area contributed by atoms with Gasteiger partial charge in [0, 0.05) is 18.0 Å². The average molecular weight is 283 g/mol. The normalized spacial score (nSPS) is 11.1. The van der Waals surface area contributed by atoms with E-state index in [2.05, 4.69) is 25.4 Å². The van der Waals surface area contributed by atoms with Crippen molar-refractivity contribution in [2.45, 2.75) is 0 Å². The van der Waals surface area contributed by atoms with Gasteiger partial charge in [-0.15, -0.1) is 10.2 Å². The third-order valence-corrected chi connectivity index (χ3v) is 2.81. The number of azo groups is 1. The van der Waals surface area contributed by atoms with E-state index in [9.17, 15) is 9.18 Å². The van der Waals surface area contributed by atoms with E-state index in [-0.39, 0.29) is 11.4 Å². The molecule has 0 saturated carbocycles. The van der Waals surface area contributed by atoms with Crippen molar-refractivity contribution in [3.8, 4) is 11.3 Å². The number of hydrogen-bond donors (Lipinski definition) is 2. The first-order valence-electron chi connectivity index (χ1n) is 6.13. The minimum absolute atomic E-state index is 0.0650. The van der Waals surface area contributed by atoms with E-state index in [1.54, 1.807) is 36.7 Å². The van der Waals surface area contributed by atoms with Gasteiger partial charge < -0.3 is 0 Å². The molecule has 0 amide bonds. The largest absolute Gasteiger partial charge is 0.295 e. The van der Waals surface area contributed by atoms with Gasteiger partial charge in [0.25, 0.3) is 5.56 Å². The van der Waals surface area contributed by atoms with Crippen LogP contribution in [-0.2, 0) is 0 Å². The fraction of sp³-hybridized carbons (Fsp3) is 0. The Kier molecular flexibility index (Phi) is 3.38. The lowest BCUT2D eigenvalue weighted by Gasteiger charge is -1.97. The molecule has 0 aliphatic carbocycles. The highest BCUT2D eigenvalue weighted by atomic mass is 19.1. The minimum Gasteiger partial charge on any atom is -0.295 e. The molecule has 3 rings (SSSR count). The monoisotopic (exact) mass is 283 g/mol. The smallest absolute Gasteiger partial charge is 0.292 e. The van der Waals surface area contributed by atoms with E-state index in [4.69, 9.17) is 0 Å². The molecule has 0 spiro atoms. The molecule has 0 fully saturated rings. The Morgan fingerprint density at radius 1 is 1.05 bits per heavy atom. The molecule has 2 N–H and O–H groups in total. The van der Waals surface area contributed by atoms with Crippen LogP contribution >= 0.6 is 0 Å². The average Bonchev–Trinajstić information content (AvgIpc) is 2.88. The number of pyridine rings is 1. The summed E-state index contributed by atoms with van der Waals surface area (Å²) < 4.78 is 13.5. The van der Waals surface area contributed by atoms with Crippen LogP contribution in [0, 0.1) is 5.82 Å². The van der Waals surface area contributed by atoms with Crippen molar-refractivity contribution in [2.24, 2.45) is 10.2 Å². The number of aromatic nitrogens is 3. The summed E-state index contributed by atoms with van der Waals surface area (Å²) in [5.41, 5.74) is 0.835. The number of nitrogens with one attached hydrogen (secondary N) is 2.